The minimum absolute atomic E-state index is 0. The molecule has 0 amide bonds. The Hall–Kier alpha value is 1.64. The van der Waals surface area contributed by atoms with Crippen LogP contribution in [0.3, 0.4) is 0 Å². The van der Waals surface area contributed by atoms with Crippen LogP contribution in [-0.4, -0.2) is 78.7 Å². The molecule has 0 aliphatic carbocycles. The van der Waals surface area contributed by atoms with Crippen molar-refractivity contribution in [2.24, 2.45) is 0 Å². The molecular formula is H7AlMgO7Zn. The first-order valence-electron chi connectivity index (χ1n) is 0. The summed E-state index contributed by atoms with van der Waals surface area (Å²) in [6.07, 6.45) is 0. The van der Waals surface area contributed by atoms with Gasteiger partial charge in [0.05, 0.1) is 0 Å². The average Bonchev–Trinajstić information content (AvgIpc) is 0. The van der Waals surface area contributed by atoms with E-state index in [2.05, 4.69) is 0 Å². The molecule has 0 saturated heterocycles. The zero-order chi connectivity index (χ0) is 0. The number of hydrogen-bond donors (Lipinski definition) is 0. The second-order valence-electron chi connectivity index (χ2n) is 0. The molecule has 0 spiro atoms. The van der Waals surface area contributed by atoms with E-state index >= 15 is 0 Å². The van der Waals surface area contributed by atoms with Crippen LogP contribution in [0.5, 0.6) is 0 Å². The van der Waals surface area contributed by atoms with E-state index < -0.39 is 0 Å². The standard InChI is InChI=1S/Al.Mg.7H2O.Zn/h;;7*1H2;/q+3;+2;;;;;;;;+2/p-7. The van der Waals surface area contributed by atoms with Crippen LogP contribution in [0.4, 0.5) is 0 Å². The van der Waals surface area contributed by atoms with E-state index in [4.69, 9.17) is 0 Å². The van der Waals surface area contributed by atoms with Crippen molar-refractivity contribution in [1.82, 2.24) is 0 Å². The summed E-state index contributed by atoms with van der Waals surface area (Å²) in [7, 11) is 0. The molecule has 7 nitrogen and oxygen atoms in total. The number of hydrogen-bond acceptors (Lipinski definition) is 7. The van der Waals surface area contributed by atoms with Gasteiger partial charge in [0.25, 0.3) is 0 Å². The fourth-order valence-electron chi connectivity index (χ4n) is 0. The van der Waals surface area contributed by atoms with Crippen molar-refractivity contribution in [3.05, 3.63) is 0 Å². The summed E-state index contributed by atoms with van der Waals surface area (Å²) in [6.45, 7) is 0. The summed E-state index contributed by atoms with van der Waals surface area (Å²) in [4.78, 5) is 0. The molecule has 0 rings (SSSR count). The first kappa shape index (κ1) is 489. The Bertz CT molecular complexity index is 13.6. The van der Waals surface area contributed by atoms with E-state index in [0.717, 1.165) is 0 Å². The molecule has 10 heteroatoms. The van der Waals surface area contributed by atoms with Crippen LogP contribution in [0.1, 0.15) is 0 Å². The van der Waals surface area contributed by atoms with Crippen LogP contribution < -0.4 is 0 Å². The molecule has 0 saturated carbocycles. The van der Waals surface area contributed by atoms with Crippen LogP contribution in [0.15, 0.2) is 0 Å². The summed E-state index contributed by atoms with van der Waals surface area (Å²) >= 11 is 0. The molecule has 7 N–H and O–H groups in total. The van der Waals surface area contributed by atoms with Gasteiger partial charge >= 0.3 is 59.9 Å². The van der Waals surface area contributed by atoms with E-state index in [1.807, 2.05) is 0 Å². The zero-order valence-electron chi connectivity index (χ0n) is 5.12. The molecule has 0 heterocycles. The van der Waals surface area contributed by atoms with E-state index in [1.54, 1.807) is 0 Å². The van der Waals surface area contributed by atoms with Gasteiger partial charge in [-0.3, -0.25) is 0 Å². The normalized spacial score (nSPS) is 0. The van der Waals surface area contributed by atoms with Gasteiger partial charge in [0.2, 0.25) is 0 Å². The third-order valence-electron chi connectivity index (χ3n) is 0. The molecule has 0 atom stereocenters. The second-order valence-corrected chi connectivity index (χ2v) is 0. The van der Waals surface area contributed by atoms with Crippen molar-refractivity contribution in [2.75, 3.05) is 0 Å². The Morgan fingerprint density at radius 1 is 0.400 bits per heavy atom. The molecule has 0 aliphatic heterocycles. The maximum Gasteiger partial charge on any atom is 3.00 e. The van der Waals surface area contributed by atoms with Crippen molar-refractivity contribution in [3.8, 4) is 0 Å². The minimum atomic E-state index is 0. The van der Waals surface area contributed by atoms with Gasteiger partial charge in [-0.2, -0.15) is 0 Å². The minimum Gasteiger partial charge on any atom is -0.870 e. The van der Waals surface area contributed by atoms with Crippen LogP contribution in [0.25, 0.3) is 0 Å². The van der Waals surface area contributed by atoms with Gasteiger partial charge < -0.3 is 38.3 Å². The van der Waals surface area contributed by atoms with Gasteiger partial charge in [-0.25, -0.2) is 0 Å². The molecule has 0 aromatic heterocycles. The Kier molecular flexibility index (Phi) is 17900. The van der Waals surface area contributed by atoms with Gasteiger partial charge in [-0.15, -0.1) is 0 Å². The first-order chi connectivity index (χ1) is 0. The fraction of sp³-hybridized carbons (Fsp3) is 0. The van der Waals surface area contributed by atoms with Crippen molar-refractivity contribution in [1.29, 1.82) is 0 Å². The summed E-state index contributed by atoms with van der Waals surface area (Å²) in [5.41, 5.74) is 0. The number of rotatable bonds is 0. The Morgan fingerprint density at radius 3 is 0.400 bits per heavy atom. The van der Waals surface area contributed by atoms with E-state index in [-0.39, 0.29) is 98.2 Å². The van der Waals surface area contributed by atoms with Crippen LogP contribution in [0.2, 0.25) is 0 Å². The quantitative estimate of drug-likeness (QED) is 0.430. The van der Waals surface area contributed by atoms with Crippen molar-refractivity contribution in [3.63, 3.8) is 0 Å². The van der Waals surface area contributed by atoms with E-state index in [0.29, 0.717) is 0 Å². The Labute approximate surface area is 97.8 Å². The SMILES string of the molecule is [Al+3].[Mg+2].[OH-].[OH-].[OH-].[OH-].[OH-].[OH-].[OH-].[Zn+2]. The van der Waals surface area contributed by atoms with Crippen LogP contribution in [-0.2, 0) is 19.5 Å². The molecule has 0 unspecified atom stereocenters. The fourth-order valence-corrected chi connectivity index (χ4v) is 0. The molecule has 56 valence electrons. The van der Waals surface area contributed by atoms with Crippen molar-refractivity contribution in [2.45, 2.75) is 0 Å². The van der Waals surface area contributed by atoms with Gasteiger partial charge in [-0.1, -0.05) is 0 Å². The van der Waals surface area contributed by atoms with Gasteiger partial charge in [0.15, 0.2) is 0 Å². The topological polar surface area (TPSA) is 210 Å². The summed E-state index contributed by atoms with van der Waals surface area (Å²) in [5.74, 6) is 0. The van der Waals surface area contributed by atoms with Crippen molar-refractivity contribution < 1.29 is 57.8 Å². The van der Waals surface area contributed by atoms with Crippen LogP contribution in [0, 0.1) is 0 Å². The van der Waals surface area contributed by atoms with Gasteiger partial charge in [-0.05, 0) is 0 Å². The largest absolute Gasteiger partial charge is 3.00 e. The smallest absolute Gasteiger partial charge is 0.870 e. The predicted molar refractivity (Wildman–Crippen MR) is 25.1 cm³/mol. The molecule has 0 radical (unpaired) electrons. The predicted octanol–water partition coefficient (Wildman–Crippen LogP) is -2.00. The Balaban J connectivity index is 0. The van der Waals surface area contributed by atoms with Crippen LogP contribution >= 0.6 is 0 Å². The first-order valence-corrected chi connectivity index (χ1v) is 0. The van der Waals surface area contributed by atoms with E-state index in [1.165, 1.54) is 0 Å². The summed E-state index contributed by atoms with van der Waals surface area (Å²) in [5, 5.41) is 0. The molecule has 0 aromatic rings. The molecule has 10 heavy (non-hydrogen) atoms. The molecule has 0 aromatic carbocycles. The molecular weight excluding hydrogens is 229 g/mol. The van der Waals surface area contributed by atoms with Gasteiger partial charge in [0.1, 0.15) is 0 Å². The summed E-state index contributed by atoms with van der Waals surface area (Å²) < 4.78 is 0. The van der Waals surface area contributed by atoms with Crippen molar-refractivity contribution >= 4 is 40.4 Å². The average molecular weight is 236 g/mol. The Morgan fingerprint density at radius 2 is 0.400 bits per heavy atom. The molecule has 0 aliphatic rings. The third-order valence-corrected chi connectivity index (χ3v) is 0. The summed E-state index contributed by atoms with van der Waals surface area (Å²) in [6, 6.07) is 0. The van der Waals surface area contributed by atoms with E-state index in [9.17, 15) is 0 Å². The molecule has 0 fully saturated rings. The second kappa shape index (κ2) is 367. The zero-order valence-corrected chi connectivity index (χ0v) is 10.7. The maximum atomic E-state index is 0. The maximum absolute atomic E-state index is 0. The third kappa shape index (κ3) is 267. The monoisotopic (exact) mass is 234 g/mol. The molecule has 0 bridgehead atoms. The van der Waals surface area contributed by atoms with Gasteiger partial charge in [0, 0.05) is 0 Å².